The largest absolute Gasteiger partial charge is 0.386 e. The minimum absolute atomic E-state index is 0.333. The Morgan fingerprint density at radius 1 is 1.69 bits per heavy atom. The first-order valence-electron chi connectivity index (χ1n) is 4.27. The van der Waals surface area contributed by atoms with E-state index in [0.717, 1.165) is 0 Å². The van der Waals surface area contributed by atoms with Gasteiger partial charge in [0.05, 0.1) is 6.61 Å². The number of aliphatic hydroxyl groups excluding tert-OH is 1. The van der Waals surface area contributed by atoms with Crippen molar-refractivity contribution in [2.75, 3.05) is 6.61 Å². The van der Waals surface area contributed by atoms with Crippen molar-refractivity contribution in [1.29, 1.82) is 0 Å². The molecule has 0 amide bonds. The highest BCUT2D eigenvalue weighted by Gasteiger charge is 2.37. The van der Waals surface area contributed by atoms with Crippen LogP contribution in [0.25, 0.3) is 0 Å². The van der Waals surface area contributed by atoms with Crippen molar-refractivity contribution >= 4 is 0 Å². The minimum atomic E-state index is -0.723. The van der Waals surface area contributed by atoms with Crippen LogP contribution in [0.1, 0.15) is 13.8 Å². The summed E-state index contributed by atoms with van der Waals surface area (Å²) in [5, 5.41) is 9.67. The van der Waals surface area contributed by atoms with Crippen molar-refractivity contribution in [2.45, 2.75) is 31.8 Å². The van der Waals surface area contributed by atoms with Gasteiger partial charge in [-0.15, -0.1) is 0 Å². The Bertz CT molecular complexity index is 220. The molecule has 74 valence electrons. The van der Waals surface area contributed by atoms with E-state index in [0.29, 0.717) is 12.2 Å². The molecule has 1 N–H and O–H groups in total. The maximum Gasteiger partial charge on any atom is 0.163 e. The van der Waals surface area contributed by atoms with Crippen molar-refractivity contribution in [3.63, 3.8) is 0 Å². The zero-order chi connectivity index (χ0) is 10.1. The molecule has 3 nitrogen and oxygen atoms in total. The molecular formula is C10H16O3. The van der Waals surface area contributed by atoms with Crippen molar-refractivity contribution < 1.29 is 14.6 Å². The first kappa shape index (κ1) is 10.4. The quantitative estimate of drug-likeness (QED) is 0.671. The third-order valence-corrected chi connectivity index (χ3v) is 2.02. The van der Waals surface area contributed by atoms with Gasteiger partial charge in [-0.2, -0.15) is 0 Å². The summed E-state index contributed by atoms with van der Waals surface area (Å²) in [7, 11) is 0. The van der Waals surface area contributed by atoms with Gasteiger partial charge in [-0.25, -0.2) is 0 Å². The molecule has 0 aromatic rings. The molecule has 0 radical (unpaired) electrons. The van der Waals surface area contributed by atoms with Gasteiger partial charge in [0.15, 0.2) is 5.79 Å². The zero-order valence-corrected chi connectivity index (χ0v) is 8.12. The summed E-state index contributed by atoms with van der Waals surface area (Å²) < 4.78 is 10.8. The SMILES string of the molecule is C=CC(=C)[C@H](O)[C@H]1COC(C)(C)O1. The first-order valence-corrected chi connectivity index (χ1v) is 4.27. The van der Waals surface area contributed by atoms with Crippen LogP contribution in [0.15, 0.2) is 24.8 Å². The molecule has 1 heterocycles. The molecular weight excluding hydrogens is 168 g/mol. The van der Waals surface area contributed by atoms with Crippen LogP contribution in [0.3, 0.4) is 0 Å². The third kappa shape index (κ3) is 2.40. The summed E-state index contributed by atoms with van der Waals surface area (Å²) >= 11 is 0. The smallest absolute Gasteiger partial charge is 0.163 e. The number of rotatable bonds is 3. The van der Waals surface area contributed by atoms with E-state index < -0.39 is 11.9 Å². The standard InChI is InChI=1S/C10H16O3/c1-5-7(2)9(11)8-6-12-10(3,4)13-8/h5,8-9,11H,1-2,6H2,3-4H3/t8-,9+/m1/s1. The monoisotopic (exact) mass is 184 g/mol. The van der Waals surface area contributed by atoms with Crippen LogP contribution < -0.4 is 0 Å². The predicted molar refractivity (Wildman–Crippen MR) is 50.2 cm³/mol. The summed E-state index contributed by atoms with van der Waals surface area (Å²) in [5.41, 5.74) is 0.561. The Balaban J connectivity index is 2.56. The molecule has 3 heteroatoms. The topological polar surface area (TPSA) is 38.7 Å². The van der Waals surface area contributed by atoms with Crippen LogP contribution in [0.2, 0.25) is 0 Å². The molecule has 1 aliphatic heterocycles. The van der Waals surface area contributed by atoms with Gasteiger partial charge >= 0.3 is 0 Å². The van der Waals surface area contributed by atoms with Gasteiger partial charge < -0.3 is 14.6 Å². The molecule has 1 fully saturated rings. The summed E-state index contributed by atoms with van der Waals surface area (Å²) in [6.45, 7) is 11.2. The fourth-order valence-corrected chi connectivity index (χ4v) is 1.23. The number of hydrogen-bond acceptors (Lipinski definition) is 3. The van der Waals surface area contributed by atoms with E-state index in [1.54, 1.807) is 0 Å². The molecule has 0 spiro atoms. The summed E-state index contributed by atoms with van der Waals surface area (Å²) in [6, 6.07) is 0. The Hall–Kier alpha value is -0.640. The van der Waals surface area contributed by atoms with Crippen LogP contribution in [0.4, 0.5) is 0 Å². The number of aliphatic hydroxyl groups is 1. The summed E-state index contributed by atoms with van der Waals surface area (Å²) in [6.07, 6.45) is 0.471. The molecule has 0 saturated carbocycles. The van der Waals surface area contributed by atoms with Crippen LogP contribution in [0.5, 0.6) is 0 Å². The molecule has 1 saturated heterocycles. The van der Waals surface area contributed by atoms with Crippen molar-refractivity contribution in [3.8, 4) is 0 Å². The van der Waals surface area contributed by atoms with E-state index in [2.05, 4.69) is 13.2 Å². The second-order valence-electron chi connectivity index (χ2n) is 3.59. The average molecular weight is 184 g/mol. The van der Waals surface area contributed by atoms with Gasteiger partial charge in [-0.05, 0) is 19.4 Å². The second kappa shape index (κ2) is 3.62. The lowest BCUT2D eigenvalue weighted by molar-refractivity contribution is -0.147. The van der Waals surface area contributed by atoms with Gasteiger partial charge in [-0.1, -0.05) is 19.2 Å². The maximum atomic E-state index is 9.67. The van der Waals surface area contributed by atoms with E-state index in [1.807, 2.05) is 13.8 Å². The van der Waals surface area contributed by atoms with Gasteiger partial charge in [0.25, 0.3) is 0 Å². The molecule has 13 heavy (non-hydrogen) atoms. The Labute approximate surface area is 78.7 Å². The molecule has 0 aromatic carbocycles. The lowest BCUT2D eigenvalue weighted by atomic mass is 10.1. The second-order valence-corrected chi connectivity index (χ2v) is 3.59. The third-order valence-electron chi connectivity index (χ3n) is 2.02. The van der Waals surface area contributed by atoms with E-state index in [-0.39, 0.29) is 6.10 Å². The van der Waals surface area contributed by atoms with Gasteiger partial charge in [0.2, 0.25) is 0 Å². The van der Waals surface area contributed by atoms with Crippen LogP contribution in [0, 0.1) is 0 Å². The summed E-state index contributed by atoms with van der Waals surface area (Å²) in [5.74, 6) is -0.604. The zero-order valence-electron chi connectivity index (χ0n) is 8.12. The van der Waals surface area contributed by atoms with Gasteiger partial charge in [-0.3, -0.25) is 0 Å². The van der Waals surface area contributed by atoms with E-state index in [9.17, 15) is 5.11 Å². The molecule has 2 atom stereocenters. The molecule has 0 bridgehead atoms. The molecule has 1 aliphatic rings. The fourth-order valence-electron chi connectivity index (χ4n) is 1.23. The Kier molecular flexibility index (Phi) is 2.91. The lowest BCUT2D eigenvalue weighted by Crippen LogP contribution is -2.31. The van der Waals surface area contributed by atoms with Crippen LogP contribution in [-0.4, -0.2) is 29.7 Å². The van der Waals surface area contributed by atoms with Crippen molar-refractivity contribution in [2.24, 2.45) is 0 Å². The molecule has 1 rings (SSSR count). The first-order chi connectivity index (χ1) is 5.96. The molecule has 0 unspecified atom stereocenters. The predicted octanol–water partition coefficient (Wildman–Crippen LogP) is 1.24. The van der Waals surface area contributed by atoms with Gasteiger partial charge in [0.1, 0.15) is 12.2 Å². The van der Waals surface area contributed by atoms with Crippen LogP contribution >= 0.6 is 0 Å². The maximum absolute atomic E-state index is 9.67. The van der Waals surface area contributed by atoms with Crippen LogP contribution in [-0.2, 0) is 9.47 Å². The van der Waals surface area contributed by atoms with E-state index in [4.69, 9.17) is 9.47 Å². The molecule has 0 aromatic heterocycles. The Morgan fingerprint density at radius 3 is 2.69 bits per heavy atom. The highest BCUT2D eigenvalue weighted by atomic mass is 16.7. The minimum Gasteiger partial charge on any atom is -0.386 e. The normalized spacial score (nSPS) is 28.4. The highest BCUT2D eigenvalue weighted by Crippen LogP contribution is 2.26. The van der Waals surface area contributed by atoms with Crippen molar-refractivity contribution in [1.82, 2.24) is 0 Å². The Morgan fingerprint density at radius 2 is 2.31 bits per heavy atom. The van der Waals surface area contributed by atoms with Crippen molar-refractivity contribution in [3.05, 3.63) is 24.8 Å². The van der Waals surface area contributed by atoms with E-state index in [1.165, 1.54) is 6.08 Å². The average Bonchev–Trinajstić information content (AvgIpc) is 2.43. The van der Waals surface area contributed by atoms with Gasteiger partial charge in [0, 0.05) is 0 Å². The number of hydrogen-bond donors (Lipinski definition) is 1. The van der Waals surface area contributed by atoms with E-state index >= 15 is 0 Å². The molecule has 0 aliphatic carbocycles. The highest BCUT2D eigenvalue weighted by molar-refractivity contribution is 5.18. The fraction of sp³-hybridized carbons (Fsp3) is 0.600. The summed E-state index contributed by atoms with van der Waals surface area (Å²) in [4.78, 5) is 0. The lowest BCUT2D eigenvalue weighted by Gasteiger charge is -2.20. The number of ether oxygens (including phenoxy) is 2.